The first-order valence-corrected chi connectivity index (χ1v) is 4.15. The normalized spacial score (nSPS) is 13.1. The molecule has 1 aliphatic rings. The summed E-state index contributed by atoms with van der Waals surface area (Å²) >= 11 is 0. The van der Waals surface area contributed by atoms with E-state index < -0.39 is 0 Å². The van der Waals surface area contributed by atoms with Gasteiger partial charge in [0.2, 0.25) is 0 Å². The fourth-order valence-corrected chi connectivity index (χ4v) is 1.13. The Bertz CT molecular complexity index is 385. The third-order valence-electron chi connectivity index (χ3n) is 1.82. The van der Waals surface area contributed by atoms with Crippen molar-refractivity contribution in [3.8, 4) is 0 Å². The van der Waals surface area contributed by atoms with E-state index >= 15 is 0 Å². The minimum absolute atomic E-state index is 0. The van der Waals surface area contributed by atoms with Crippen LogP contribution in [0.15, 0.2) is 22.1 Å². The second kappa shape index (κ2) is 4.45. The molecule has 14 heavy (non-hydrogen) atoms. The van der Waals surface area contributed by atoms with E-state index in [1.165, 1.54) is 0 Å². The topological polar surface area (TPSA) is 37.6 Å². The van der Waals surface area contributed by atoms with Crippen molar-refractivity contribution in [2.45, 2.75) is 13.8 Å². The van der Waals surface area contributed by atoms with Crippen molar-refractivity contribution in [2.24, 2.45) is 9.98 Å². The van der Waals surface area contributed by atoms with Crippen LogP contribution in [-0.2, 0) is 0 Å². The molecule has 2 heterocycles. The van der Waals surface area contributed by atoms with Crippen LogP contribution in [0.2, 0.25) is 0 Å². The third-order valence-corrected chi connectivity index (χ3v) is 1.82. The van der Waals surface area contributed by atoms with Crippen molar-refractivity contribution in [2.75, 3.05) is 0 Å². The van der Waals surface area contributed by atoms with Gasteiger partial charge in [-0.25, -0.2) is 0 Å². The molecule has 0 aromatic carbocycles. The number of nitrogens with zero attached hydrogens (tertiary/aromatic N) is 3. The summed E-state index contributed by atoms with van der Waals surface area (Å²) in [5, 5.41) is 0. The van der Waals surface area contributed by atoms with Crippen LogP contribution in [0.25, 0.3) is 0 Å². The quantitative estimate of drug-likeness (QED) is 0.375. The van der Waals surface area contributed by atoms with Crippen molar-refractivity contribution < 1.29 is 18.9 Å². The number of hydrogen-bond acceptors (Lipinski definition) is 3. The Labute approximate surface area is 95.6 Å². The van der Waals surface area contributed by atoms with E-state index in [1.807, 2.05) is 26.0 Å². The summed E-state index contributed by atoms with van der Waals surface area (Å²) in [5.74, 6) is 0. The first-order chi connectivity index (χ1) is 6.25. The number of rotatable bonds is 0. The molecule has 4 heteroatoms. The molecule has 2 rings (SSSR count). The summed E-state index contributed by atoms with van der Waals surface area (Å²) in [6.45, 7) is 3.87. The van der Waals surface area contributed by atoms with E-state index in [4.69, 9.17) is 0 Å². The maximum absolute atomic E-state index is 4.33. The minimum Gasteiger partial charge on any atom is -0.443 e. The predicted octanol–water partition coefficient (Wildman–Crippen LogP) is -0.919. The van der Waals surface area contributed by atoms with Gasteiger partial charge in [-0.2, -0.15) is 0 Å². The van der Waals surface area contributed by atoms with Crippen LogP contribution in [0.3, 0.4) is 0 Å². The molecule has 3 nitrogen and oxygen atoms in total. The monoisotopic (exact) mass is 179 g/mol. The molecule has 0 aliphatic carbocycles. The van der Waals surface area contributed by atoms with Gasteiger partial charge in [0.1, 0.15) is 0 Å². The standard InChI is InChI=1S/C10H10N3.Li/c1-7-3-4-9-10(13-7)6-11-8(2)5-12-9;/h3-6H,1-2H3;/q-1;+1. The molecule has 0 radical (unpaired) electrons. The van der Waals surface area contributed by atoms with E-state index in [0.29, 0.717) is 0 Å². The molecule has 0 saturated heterocycles. The average Bonchev–Trinajstić information content (AvgIpc) is 2.29. The van der Waals surface area contributed by atoms with Crippen molar-refractivity contribution in [1.82, 2.24) is 4.98 Å². The molecule has 0 amide bonds. The summed E-state index contributed by atoms with van der Waals surface area (Å²) in [6.07, 6.45) is 3.50. The Hall–Kier alpha value is -1.04. The SMILES string of the molecule is Cc1ccc2c(n1)C=N[C-](C)C=N2.[Li+]. The molecule has 0 atom stereocenters. The zero-order chi connectivity index (χ0) is 9.26. The van der Waals surface area contributed by atoms with Gasteiger partial charge >= 0.3 is 18.9 Å². The Kier molecular flexibility index (Phi) is 3.51. The van der Waals surface area contributed by atoms with Crippen LogP contribution in [0, 0.1) is 13.0 Å². The van der Waals surface area contributed by atoms with E-state index in [2.05, 4.69) is 15.0 Å². The van der Waals surface area contributed by atoms with Crippen molar-refractivity contribution in [1.29, 1.82) is 0 Å². The van der Waals surface area contributed by atoms with Crippen LogP contribution in [0.1, 0.15) is 18.3 Å². The van der Waals surface area contributed by atoms with E-state index in [1.54, 1.807) is 12.4 Å². The smallest absolute Gasteiger partial charge is 0.443 e. The molecule has 0 bridgehead atoms. The summed E-state index contributed by atoms with van der Waals surface area (Å²) < 4.78 is 0. The summed E-state index contributed by atoms with van der Waals surface area (Å²) in [6, 6.07) is 4.80. The molecule has 0 N–H and O–H groups in total. The number of hydrogen-bond donors (Lipinski definition) is 0. The molecular weight excluding hydrogens is 169 g/mol. The number of aromatic nitrogens is 1. The second-order valence-corrected chi connectivity index (χ2v) is 3.01. The number of aliphatic imine (C=N–C) groups is 2. The van der Waals surface area contributed by atoms with Crippen molar-refractivity contribution in [3.63, 3.8) is 0 Å². The Balaban J connectivity index is 0.000000980. The van der Waals surface area contributed by atoms with Gasteiger partial charge in [0.15, 0.2) is 0 Å². The van der Waals surface area contributed by atoms with Crippen molar-refractivity contribution >= 4 is 18.1 Å². The first-order valence-electron chi connectivity index (χ1n) is 4.15. The van der Waals surface area contributed by atoms with Gasteiger partial charge in [0, 0.05) is 11.4 Å². The van der Waals surface area contributed by atoms with Gasteiger partial charge in [-0.3, -0.25) is 9.98 Å². The van der Waals surface area contributed by atoms with Gasteiger partial charge in [-0.1, -0.05) is 19.2 Å². The van der Waals surface area contributed by atoms with E-state index in [-0.39, 0.29) is 18.9 Å². The molecular formula is C10H10LiN3. The van der Waals surface area contributed by atoms with Crippen LogP contribution in [0.5, 0.6) is 0 Å². The second-order valence-electron chi connectivity index (χ2n) is 3.01. The summed E-state index contributed by atoms with van der Waals surface area (Å²) in [7, 11) is 0. The Morgan fingerprint density at radius 1 is 1.29 bits per heavy atom. The largest absolute Gasteiger partial charge is 1.00 e. The Morgan fingerprint density at radius 3 is 2.86 bits per heavy atom. The van der Waals surface area contributed by atoms with Gasteiger partial charge in [-0.15, -0.1) is 0 Å². The number of fused-ring (bicyclic) bond motifs is 1. The summed E-state index contributed by atoms with van der Waals surface area (Å²) in [4.78, 5) is 12.8. The van der Waals surface area contributed by atoms with Crippen LogP contribution in [-0.4, -0.2) is 17.4 Å². The predicted molar refractivity (Wildman–Crippen MR) is 53.6 cm³/mol. The van der Waals surface area contributed by atoms with Crippen LogP contribution >= 0.6 is 0 Å². The fraction of sp³-hybridized carbons (Fsp3) is 0.200. The van der Waals surface area contributed by atoms with E-state index in [0.717, 1.165) is 23.1 Å². The first kappa shape index (κ1) is 11.0. The summed E-state index contributed by atoms with van der Waals surface area (Å²) in [5.41, 5.74) is 2.71. The average molecular weight is 179 g/mol. The Morgan fingerprint density at radius 2 is 2.07 bits per heavy atom. The number of pyridine rings is 1. The maximum atomic E-state index is 4.33. The molecule has 66 valence electrons. The maximum Gasteiger partial charge on any atom is 1.00 e. The molecule has 0 fully saturated rings. The molecule has 1 aromatic heterocycles. The molecule has 1 aromatic rings. The zero-order valence-corrected chi connectivity index (χ0v) is 8.65. The molecule has 1 aliphatic heterocycles. The molecule has 0 unspecified atom stereocenters. The van der Waals surface area contributed by atoms with Gasteiger partial charge in [-0.05, 0) is 25.3 Å². The van der Waals surface area contributed by atoms with Gasteiger partial charge in [0.05, 0.1) is 5.69 Å². The van der Waals surface area contributed by atoms with Gasteiger partial charge < -0.3 is 4.99 Å². The van der Waals surface area contributed by atoms with Gasteiger partial charge in [0.25, 0.3) is 0 Å². The van der Waals surface area contributed by atoms with Crippen molar-refractivity contribution in [3.05, 3.63) is 29.6 Å². The molecule has 0 saturated carbocycles. The number of aryl methyl sites for hydroxylation is 1. The van der Waals surface area contributed by atoms with E-state index in [9.17, 15) is 0 Å². The van der Waals surface area contributed by atoms with Crippen LogP contribution < -0.4 is 18.9 Å². The third kappa shape index (κ3) is 2.25. The minimum atomic E-state index is 0. The zero-order valence-electron chi connectivity index (χ0n) is 8.65. The fourth-order valence-electron chi connectivity index (χ4n) is 1.13. The molecule has 0 spiro atoms. The van der Waals surface area contributed by atoms with Crippen LogP contribution in [0.4, 0.5) is 5.69 Å².